The fourth-order valence-corrected chi connectivity index (χ4v) is 2.57. The minimum atomic E-state index is -0.585. The van der Waals surface area contributed by atoms with E-state index in [9.17, 15) is 19.7 Å². The zero-order chi connectivity index (χ0) is 18.6. The van der Waals surface area contributed by atoms with Crippen molar-refractivity contribution in [3.63, 3.8) is 0 Å². The van der Waals surface area contributed by atoms with E-state index in [2.05, 4.69) is 0 Å². The van der Waals surface area contributed by atoms with Gasteiger partial charge in [-0.05, 0) is 31.9 Å². The second-order valence-corrected chi connectivity index (χ2v) is 5.99. The summed E-state index contributed by atoms with van der Waals surface area (Å²) >= 11 is 0. The summed E-state index contributed by atoms with van der Waals surface area (Å²) in [6.45, 7) is 3.94. The van der Waals surface area contributed by atoms with E-state index < -0.39 is 10.8 Å². The molecule has 25 heavy (non-hydrogen) atoms. The molecule has 0 aliphatic heterocycles. The molecule has 0 heterocycles. The van der Waals surface area contributed by atoms with Crippen molar-refractivity contribution in [3.05, 3.63) is 33.9 Å². The van der Waals surface area contributed by atoms with E-state index in [-0.39, 0.29) is 48.1 Å². The number of benzene rings is 1. The quantitative estimate of drug-likeness (QED) is 0.405. The predicted molar refractivity (Wildman–Crippen MR) is 89.5 cm³/mol. The van der Waals surface area contributed by atoms with Gasteiger partial charge in [-0.15, -0.1) is 0 Å². The van der Waals surface area contributed by atoms with Gasteiger partial charge in [-0.2, -0.15) is 0 Å². The van der Waals surface area contributed by atoms with Gasteiger partial charge in [-0.1, -0.05) is 6.92 Å². The van der Waals surface area contributed by atoms with E-state index in [1.165, 1.54) is 25.3 Å². The van der Waals surface area contributed by atoms with Crippen LogP contribution in [0.25, 0.3) is 0 Å². The summed E-state index contributed by atoms with van der Waals surface area (Å²) in [5, 5.41) is 11.2. The van der Waals surface area contributed by atoms with Crippen LogP contribution >= 0.6 is 0 Å². The number of nitrogens with zero attached hydrogens (tertiary/aromatic N) is 2. The number of nitro groups is 1. The third-order valence-electron chi connectivity index (χ3n) is 4.03. The molecule has 1 saturated carbocycles. The molecule has 0 saturated heterocycles. The van der Waals surface area contributed by atoms with Crippen LogP contribution in [0.1, 0.15) is 37.0 Å². The summed E-state index contributed by atoms with van der Waals surface area (Å²) in [7, 11) is 1.33. The number of esters is 1. The number of carbonyl (C=O) groups excluding carboxylic acids is 2. The summed E-state index contributed by atoms with van der Waals surface area (Å²) in [4.78, 5) is 36.8. The Kier molecular flexibility index (Phi) is 5.95. The van der Waals surface area contributed by atoms with Crippen LogP contribution in [0.15, 0.2) is 18.2 Å². The number of nitro benzene ring substituents is 1. The summed E-state index contributed by atoms with van der Waals surface area (Å²) in [6.07, 6.45) is 1.72. The van der Waals surface area contributed by atoms with Gasteiger partial charge in [0.2, 0.25) is 0 Å². The SMILES string of the molecule is CCOC(=O)C(C)CN(C(=O)c1ccc(OC)c([N+](=O)[O-])c1)C1CC1. The molecule has 1 fully saturated rings. The Morgan fingerprint density at radius 1 is 1.40 bits per heavy atom. The maximum atomic E-state index is 12.8. The van der Waals surface area contributed by atoms with Gasteiger partial charge >= 0.3 is 11.7 Å². The van der Waals surface area contributed by atoms with Crippen LogP contribution in [-0.4, -0.2) is 48.0 Å². The number of ether oxygens (including phenoxy) is 2. The Balaban J connectivity index is 2.22. The topological polar surface area (TPSA) is 99.0 Å². The number of hydrogen-bond acceptors (Lipinski definition) is 6. The molecule has 0 radical (unpaired) electrons. The van der Waals surface area contributed by atoms with Crippen molar-refractivity contribution in [2.45, 2.75) is 32.7 Å². The highest BCUT2D eigenvalue weighted by Gasteiger charge is 2.35. The van der Waals surface area contributed by atoms with Crippen LogP contribution < -0.4 is 4.74 Å². The summed E-state index contributed by atoms with van der Waals surface area (Å²) in [5.74, 6) is -1.05. The van der Waals surface area contributed by atoms with Crippen LogP contribution in [0.2, 0.25) is 0 Å². The fraction of sp³-hybridized carbons (Fsp3) is 0.529. The van der Waals surface area contributed by atoms with Crippen molar-refractivity contribution in [2.24, 2.45) is 5.92 Å². The molecule has 0 N–H and O–H groups in total. The van der Waals surface area contributed by atoms with Crippen molar-refractivity contribution in [3.8, 4) is 5.75 Å². The first-order valence-corrected chi connectivity index (χ1v) is 8.19. The fourth-order valence-electron chi connectivity index (χ4n) is 2.57. The van der Waals surface area contributed by atoms with Gasteiger partial charge in [0.15, 0.2) is 5.75 Å². The summed E-state index contributed by atoms with van der Waals surface area (Å²) in [5.41, 5.74) is -0.0574. The highest BCUT2D eigenvalue weighted by atomic mass is 16.6. The standard InChI is InChI=1S/C17H22N2O6/c1-4-25-17(21)11(2)10-18(13-6-7-13)16(20)12-5-8-15(24-3)14(9-12)19(22)23/h5,8-9,11,13H,4,6-7,10H2,1-3H3. The Hall–Kier alpha value is -2.64. The predicted octanol–water partition coefficient (Wildman–Crippen LogP) is 2.41. The first-order valence-electron chi connectivity index (χ1n) is 8.19. The van der Waals surface area contributed by atoms with Crippen molar-refractivity contribution < 1.29 is 24.0 Å². The molecule has 1 aliphatic rings. The number of amides is 1. The molecule has 1 unspecified atom stereocenters. The average molecular weight is 350 g/mol. The van der Waals surface area contributed by atoms with Gasteiger partial charge in [0, 0.05) is 24.2 Å². The highest BCUT2D eigenvalue weighted by Crippen LogP contribution is 2.32. The van der Waals surface area contributed by atoms with E-state index in [1.807, 2.05) is 0 Å². The molecule has 136 valence electrons. The lowest BCUT2D eigenvalue weighted by molar-refractivity contribution is -0.385. The van der Waals surface area contributed by atoms with E-state index in [0.29, 0.717) is 0 Å². The number of carbonyl (C=O) groups is 2. The van der Waals surface area contributed by atoms with E-state index in [4.69, 9.17) is 9.47 Å². The molecule has 2 rings (SSSR count). The first-order chi connectivity index (χ1) is 11.9. The lowest BCUT2D eigenvalue weighted by atomic mass is 10.1. The molecule has 1 aromatic rings. The van der Waals surface area contributed by atoms with Gasteiger partial charge in [-0.3, -0.25) is 19.7 Å². The second kappa shape index (κ2) is 7.96. The minimum absolute atomic E-state index is 0.0607. The molecule has 0 bridgehead atoms. The molecule has 1 atom stereocenters. The molecule has 8 heteroatoms. The maximum Gasteiger partial charge on any atom is 0.311 e. The number of rotatable bonds is 8. The largest absolute Gasteiger partial charge is 0.490 e. The first kappa shape index (κ1) is 18.7. The molecule has 1 aliphatic carbocycles. The highest BCUT2D eigenvalue weighted by molar-refractivity contribution is 5.96. The van der Waals surface area contributed by atoms with Crippen molar-refractivity contribution in [1.29, 1.82) is 0 Å². The molecule has 1 amide bonds. The van der Waals surface area contributed by atoms with Gasteiger partial charge in [0.05, 0.1) is 24.6 Å². The van der Waals surface area contributed by atoms with Crippen molar-refractivity contribution in [2.75, 3.05) is 20.3 Å². The summed E-state index contributed by atoms with van der Waals surface area (Å²) in [6, 6.07) is 4.18. The smallest absolute Gasteiger partial charge is 0.311 e. The molecular formula is C17H22N2O6. The van der Waals surface area contributed by atoms with E-state index in [1.54, 1.807) is 18.7 Å². The summed E-state index contributed by atoms with van der Waals surface area (Å²) < 4.78 is 9.95. The van der Waals surface area contributed by atoms with Crippen LogP contribution in [0.3, 0.4) is 0 Å². The second-order valence-electron chi connectivity index (χ2n) is 5.99. The maximum absolute atomic E-state index is 12.8. The monoisotopic (exact) mass is 350 g/mol. The Labute approximate surface area is 145 Å². The number of methoxy groups -OCH3 is 1. The zero-order valence-corrected chi connectivity index (χ0v) is 14.6. The third kappa shape index (κ3) is 4.46. The Morgan fingerprint density at radius 3 is 2.60 bits per heavy atom. The van der Waals surface area contributed by atoms with Gasteiger partial charge in [0.25, 0.3) is 5.91 Å². The molecule has 0 aromatic heterocycles. The third-order valence-corrected chi connectivity index (χ3v) is 4.03. The van der Waals surface area contributed by atoms with Crippen LogP contribution in [-0.2, 0) is 9.53 Å². The van der Waals surface area contributed by atoms with Gasteiger partial charge < -0.3 is 14.4 Å². The molecular weight excluding hydrogens is 328 g/mol. The van der Waals surface area contributed by atoms with Crippen molar-refractivity contribution in [1.82, 2.24) is 4.90 Å². The van der Waals surface area contributed by atoms with E-state index >= 15 is 0 Å². The average Bonchev–Trinajstić information content (AvgIpc) is 3.43. The van der Waals surface area contributed by atoms with Crippen LogP contribution in [0.4, 0.5) is 5.69 Å². The molecule has 0 spiro atoms. The zero-order valence-electron chi connectivity index (χ0n) is 14.6. The minimum Gasteiger partial charge on any atom is -0.490 e. The lowest BCUT2D eigenvalue weighted by Crippen LogP contribution is -2.39. The van der Waals surface area contributed by atoms with Gasteiger partial charge in [-0.25, -0.2) is 0 Å². The number of hydrogen-bond donors (Lipinski definition) is 0. The normalized spacial score (nSPS) is 14.5. The van der Waals surface area contributed by atoms with Crippen LogP contribution in [0, 0.1) is 16.0 Å². The molecule has 8 nitrogen and oxygen atoms in total. The lowest BCUT2D eigenvalue weighted by Gasteiger charge is -2.25. The Bertz CT molecular complexity index is 671. The molecule has 1 aromatic carbocycles. The van der Waals surface area contributed by atoms with Crippen LogP contribution in [0.5, 0.6) is 5.75 Å². The van der Waals surface area contributed by atoms with Crippen molar-refractivity contribution >= 4 is 17.6 Å². The Morgan fingerprint density at radius 2 is 2.08 bits per heavy atom. The van der Waals surface area contributed by atoms with Gasteiger partial charge in [0.1, 0.15) is 0 Å². The van der Waals surface area contributed by atoms with E-state index in [0.717, 1.165) is 12.8 Å².